The molecule has 0 aromatic heterocycles. The zero-order valence-corrected chi connectivity index (χ0v) is 5.72. The molecule has 0 aliphatic rings. The summed E-state index contributed by atoms with van der Waals surface area (Å²) in [5, 5.41) is 8.54. The fraction of sp³-hybridized carbons (Fsp3) is 1.00. The van der Waals surface area contributed by atoms with Gasteiger partial charge >= 0.3 is 10.3 Å². The van der Waals surface area contributed by atoms with Crippen LogP contribution in [0.1, 0.15) is 13.3 Å². The first-order chi connectivity index (χ1) is 3.95. The van der Waals surface area contributed by atoms with Gasteiger partial charge in [-0.05, 0) is 6.42 Å². The average molecular weight is 155 g/mol. The first-order valence-corrected chi connectivity index (χ1v) is 3.82. The summed E-state index contributed by atoms with van der Waals surface area (Å²) in [4.78, 5) is 0. The first-order valence-electron chi connectivity index (χ1n) is 2.38. The molecule has 0 spiro atoms. The number of rotatable bonds is 3. The van der Waals surface area contributed by atoms with Gasteiger partial charge in [0.05, 0.1) is 0 Å². The molecule has 1 atom stereocenters. The van der Waals surface area contributed by atoms with Gasteiger partial charge in [0.15, 0.2) is 0 Å². The summed E-state index contributed by atoms with van der Waals surface area (Å²) in [5.74, 6) is 0. The number of hydrogen-bond acceptors (Lipinski definition) is 3. The molecule has 6 heteroatoms. The zero-order chi connectivity index (χ0) is 7.49. The highest BCUT2D eigenvalue weighted by molar-refractivity contribution is 7.83. The minimum absolute atomic E-state index is 0.222. The Kier molecular flexibility index (Phi) is 3.06. The lowest BCUT2D eigenvalue weighted by atomic mass is 10.5. The molecule has 0 bridgehead atoms. The highest BCUT2D eigenvalue weighted by Gasteiger charge is 2.08. The van der Waals surface area contributed by atoms with Crippen LogP contribution in [0.5, 0.6) is 0 Å². The summed E-state index contributed by atoms with van der Waals surface area (Å²) in [6.45, 7) is 1.57. The number of nitrogens with one attached hydrogen (secondary N) is 1. The average Bonchev–Trinajstić information content (AvgIpc) is 1.62. The minimum Gasteiger partial charge on any atom is -0.378 e. The highest BCUT2D eigenvalue weighted by Crippen LogP contribution is 1.85. The molecule has 3 N–H and O–H groups in total. The van der Waals surface area contributed by atoms with E-state index in [2.05, 4.69) is 0 Å². The summed E-state index contributed by atoms with van der Waals surface area (Å²) < 4.78 is 29.3. The molecular weight excluding hydrogens is 146 g/mol. The molecule has 0 aliphatic carbocycles. The van der Waals surface area contributed by atoms with Crippen LogP contribution in [-0.4, -0.2) is 24.3 Å². The molecule has 1 unspecified atom stereocenters. The predicted octanol–water partition coefficient (Wildman–Crippen LogP) is -0.893. The van der Waals surface area contributed by atoms with Crippen LogP contribution in [0.3, 0.4) is 0 Å². The van der Waals surface area contributed by atoms with Gasteiger partial charge in [0.25, 0.3) is 0 Å². The predicted molar refractivity (Wildman–Crippen MR) is 31.0 cm³/mol. The lowest BCUT2D eigenvalue weighted by molar-refractivity contribution is 0.155. The molecule has 0 saturated carbocycles. The zero-order valence-electron chi connectivity index (χ0n) is 4.90. The van der Waals surface area contributed by atoms with Crippen LogP contribution >= 0.6 is 0 Å². The summed E-state index contributed by atoms with van der Waals surface area (Å²) in [5.41, 5.74) is 0. The molecule has 0 aliphatic heterocycles. The third-order valence-electron chi connectivity index (χ3n) is 0.672. The van der Waals surface area contributed by atoms with Gasteiger partial charge in [-0.2, -0.15) is 13.1 Å². The smallest absolute Gasteiger partial charge is 0.335 e. The molecule has 0 aromatic carbocycles. The second kappa shape index (κ2) is 3.11. The quantitative estimate of drug-likeness (QED) is 0.364. The van der Waals surface area contributed by atoms with E-state index in [-0.39, 0.29) is 6.42 Å². The highest BCUT2D eigenvalue weighted by atomic mass is 32.2. The van der Waals surface area contributed by atoms with Crippen molar-refractivity contribution >= 4 is 10.3 Å². The van der Waals surface area contributed by atoms with Gasteiger partial charge in [0.1, 0.15) is 6.23 Å². The van der Waals surface area contributed by atoms with Crippen molar-refractivity contribution < 1.29 is 18.1 Å². The van der Waals surface area contributed by atoms with Crippen LogP contribution in [0.25, 0.3) is 0 Å². The van der Waals surface area contributed by atoms with Crippen molar-refractivity contribution in [3.05, 3.63) is 0 Å². The van der Waals surface area contributed by atoms with Crippen molar-refractivity contribution in [2.24, 2.45) is 0 Å². The summed E-state index contributed by atoms with van der Waals surface area (Å²) in [7, 11) is -4.24. The third-order valence-corrected chi connectivity index (χ3v) is 1.24. The number of aliphatic hydroxyl groups excluding tert-OH is 1. The molecule has 9 heavy (non-hydrogen) atoms. The third kappa shape index (κ3) is 5.71. The standard InChI is InChI=1S/C3H9NO4S/c1-2-3(5)4-9(6,7)8/h3-5H,2H2,1H3,(H,6,7,8). The first kappa shape index (κ1) is 8.83. The Labute approximate surface area is 53.6 Å². The molecular formula is C3H9NO4S. The van der Waals surface area contributed by atoms with E-state index < -0.39 is 16.5 Å². The van der Waals surface area contributed by atoms with Crippen molar-refractivity contribution in [3.8, 4) is 0 Å². The van der Waals surface area contributed by atoms with Gasteiger partial charge in [-0.1, -0.05) is 6.92 Å². The van der Waals surface area contributed by atoms with Gasteiger partial charge in [-0.15, -0.1) is 0 Å². The largest absolute Gasteiger partial charge is 0.378 e. The topological polar surface area (TPSA) is 86.6 Å². The van der Waals surface area contributed by atoms with Crippen molar-refractivity contribution in [3.63, 3.8) is 0 Å². The Morgan fingerprint density at radius 3 is 2.22 bits per heavy atom. The fourth-order valence-electron chi connectivity index (χ4n) is 0.255. The maximum absolute atomic E-state index is 9.88. The number of hydrogen-bond donors (Lipinski definition) is 3. The van der Waals surface area contributed by atoms with Gasteiger partial charge in [0.2, 0.25) is 0 Å². The SMILES string of the molecule is CCC(O)NS(=O)(=O)O. The molecule has 0 radical (unpaired) electrons. The van der Waals surface area contributed by atoms with Crippen molar-refractivity contribution in [2.75, 3.05) is 0 Å². The van der Waals surface area contributed by atoms with Gasteiger partial charge < -0.3 is 5.11 Å². The van der Waals surface area contributed by atoms with Crippen LogP contribution in [0.15, 0.2) is 0 Å². The summed E-state index contributed by atoms with van der Waals surface area (Å²) >= 11 is 0. The molecule has 0 rings (SSSR count). The Morgan fingerprint density at radius 2 is 2.11 bits per heavy atom. The van der Waals surface area contributed by atoms with Gasteiger partial charge in [-0.25, -0.2) is 0 Å². The van der Waals surface area contributed by atoms with E-state index >= 15 is 0 Å². The van der Waals surface area contributed by atoms with Crippen LogP contribution in [0.2, 0.25) is 0 Å². The van der Waals surface area contributed by atoms with E-state index in [0.717, 1.165) is 0 Å². The maximum Gasteiger partial charge on any atom is 0.335 e. The number of aliphatic hydroxyl groups is 1. The molecule has 56 valence electrons. The monoisotopic (exact) mass is 155 g/mol. The van der Waals surface area contributed by atoms with Crippen molar-refractivity contribution in [2.45, 2.75) is 19.6 Å². The second-order valence-corrected chi connectivity index (χ2v) is 2.70. The van der Waals surface area contributed by atoms with Crippen molar-refractivity contribution in [1.29, 1.82) is 0 Å². The second-order valence-electron chi connectivity index (χ2n) is 1.52. The lowest BCUT2D eigenvalue weighted by Gasteiger charge is -2.04. The van der Waals surface area contributed by atoms with Crippen LogP contribution < -0.4 is 4.72 Å². The van der Waals surface area contributed by atoms with Crippen LogP contribution in [0, 0.1) is 0 Å². The van der Waals surface area contributed by atoms with E-state index in [1.165, 1.54) is 0 Å². The van der Waals surface area contributed by atoms with Crippen LogP contribution in [0.4, 0.5) is 0 Å². The summed E-state index contributed by atoms with van der Waals surface area (Å²) in [6.07, 6.45) is -0.972. The lowest BCUT2D eigenvalue weighted by Crippen LogP contribution is -2.33. The fourth-order valence-corrected chi connectivity index (χ4v) is 0.766. The van der Waals surface area contributed by atoms with Gasteiger partial charge in [0, 0.05) is 0 Å². The molecule has 0 amide bonds. The summed E-state index contributed by atoms with van der Waals surface area (Å²) in [6, 6.07) is 0. The van der Waals surface area contributed by atoms with Crippen LogP contribution in [-0.2, 0) is 10.3 Å². The Hall–Kier alpha value is -0.170. The normalized spacial score (nSPS) is 15.4. The molecule has 0 fully saturated rings. The molecule has 5 nitrogen and oxygen atoms in total. The Balaban J connectivity index is 3.75. The molecule has 0 saturated heterocycles. The van der Waals surface area contributed by atoms with Crippen molar-refractivity contribution in [1.82, 2.24) is 4.72 Å². The van der Waals surface area contributed by atoms with Gasteiger partial charge in [-0.3, -0.25) is 4.55 Å². The Morgan fingerprint density at radius 1 is 1.67 bits per heavy atom. The van der Waals surface area contributed by atoms with E-state index in [4.69, 9.17) is 9.66 Å². The van der Waals surface area contributed by atoms with E-state index in [9.17, 15) is 8.42 Å². The van der Waals surface area contributed by atoms with E-state index in [0.29, 0.717) is 0 Å². The van der Waals surface area contributed by atoms with E-state index in [1.54, 1.807) is 11.6 Å². The van der Waals surface area contributed by atoms with E-state index in [1.807, 2.05) is 0 Å². The minimum atomic E-state index is -4.24. The molecule has 0 heterocycles. The maximum atomic E-state index is 9.88. The Bertz CT molecular complexity index is 163. The molecule has 0 aromatic rings.